The monoisotopic (exact) mass is 500 g/mol. The minimum absolute atomic E-state index is 0.109. The van der Waals surface area contributed by atoms with E-state index in [4.69, 9.17) is 9.47 Å². The van der Waals surface area contributed by atoms with Gasteiger partial charge in [0.05, 0.1) is 0 Å². The molecule has 0 bridgehead atoms. The van der Waals surface area contributed by atoms with E-state index in [0.29, 0.717) is 35.7 Å². The summed E-state index contributed by atoms with van der Waals surface area (Å²) in [5.41, 5.74) is -1.07. The van der Waals surface area contributed by atoms with Gasteiger partial charge in [0.1, 0.15) is 34.7 Å². The maximum atomic E-state index is 13.1. The highest BCUT2D eigenvalue weighted by molar-refractivity contribution is 6.09. The molecule has 36 heavy (non-hydrogen) atoms. The average molecular weight is 501 g/mol. The number of pyridine rings is 1. The van der Waals surface area contributed by atoms with Crippen molar-refractivity contribution >= 4 is 35.4 Å². The summed E-state index contributed by atoms with van der Waals surface area (Å²) in [7, 11) is 0. The van der Waals surface area contributed by atoms with Crippen LogP contribution in [0.3, 0.4) is 0 Å². The van der Waals surface area contributed by atoms with Crippen molar-refractivity contribution in [1.82, 2.24) is 19.9 Å². The number of hydrogen-bond donors (Lipinski definition) is 2. The molecular formula is C24H32N6O6. The first-order valence-electron chi connectivity index (χ1n) is 11.5. The van der Waals surface area contributed by atoms with Crippen molar-refractivity contribution in [3.05, 3.63) is 40.1 Å². The lowest BCUT2D eigenvalue weighted by atomic mass is 10.1. The van der Waals surface area contributed by atoms with Crippen molar-refractivity contribution < 1.29 is 23.9 Å². The summed E-state index contributed by atoms with van der Waals surface area (Å²) in [4.78, 5) is 60.2. The number of carbonyl (C=O) groups is 3. The first kappa shape index (κ1) is 26.6. The Morgan fingerprint density at radius 1 is 1.03 bits per heavy atom. The van der Waals surface area contributed by atoms with Gasteiger partial charge in [-0.05, 0) is 66.5 Å². The molecule has 194 valence electrons. The smallest absolute Gasteiger partial charge is 0.425 e. The van der Waals surface area contributed by atoms with Gasteiger partial charge in [0, 0.05) is 19.2 Å². The number of carbonyl (C=O) groups excluding carboxylic acids is 3. The van der Waals surface area contributed by atoms with Crippen LogP contribution in [0.15, 0.2) is 23.3 Å². The molecule has 1 aliphatic rings. The summed E-state index contributed by atoms with van der Waals surface area (Å²) >= 11 is 0. The molecule has 0 aliphatic carbocycles. The summed E-state index contributed by atoms with van der Waals surface area (Å²) in [6.07, 6.45) is -0.206. The molecule has 0 radical (unpaired) electrons. The van der Waals surface area contributed by atoms with Crippen LogP contribution >= 0.6 is 0 Å². The predicted molar refractivity (Wildman–Crippen MR) is 133 cm³/mol. The van der Waals surface area contributed by atoms with E-state index in [2.05, 4.69) is 20.6 Å². The molecule has 0 fully saturated rings. The fourth-order valence-corrected chi connectivity index (χ4v) is 3.49. The Labute approximate surface area is 209 Å². The van der Waals surface area contributed by atoms with Gasteiger partial charge in [-0.25, -0.2) is 19.6 Å². The van der Waals surface area contributed by atoms with Crippen LogP contribution in [0.2, 0.25) is 0 Å². The molecule has 0 atom stereocenters. The number of nitrogens with zero attached hydrogens (tertiary/aromatic N) is 4. The minimum atomic E-state index is -0.978. The molecule has 1 aliphatic heterocycles. The van der Waals surface area contributed by atoms with Crippen molar-refractivity contribution in [2.24, 2.45) is 0 Å². The third-order valence-corrected chi connectivity index (χ3v) is 4.84. The number of nitrogens with one attached hydrogen (secondary N) is 2. The summed E-state index contributed by atoms with van der Waals surface area (Å²) in [5, 5.41) is 5.70. The Kier molecular flexibility index (Phi) is 7.37. The van der Waals surface area contributed by atoms with E-state index in [1.165, 1.54) is 10.6 Å². The van der Waals surface area contributed by atoms with Crippen molar-refractivity contribution in [2.45, 2.75) is 72.6 Å². The van der Waals surface area contributed by atoms with E-state index in [1.54, 1.807) is 54.5 Å². The summed E-state index contributed by atoms with van der Waals surface area (Å²) in [6.45, 7) is 12.6. The standard InChI is InChI=1S/C24H32N6O6/c1-14-11-15(20(32)29-10-8-9-25-19(31)18(14)29)28-16-12-17(27-13-26-16)30(21(33)35-23(2,3)4)22(34)36-24(5,6)7/h11-13H,8-10H2,1-7H3,(H,25,31)(H,26,27,28). The fourth-order valence-electron chi connectivity index (χ4n) is 3.49. The van der Waals surface area contributed by atoms with Crippen molar-refractivity contribution in [1.29, 1.82) is 0 Å². The van der Waals surface area contributed by atoms with Gasteiger partial charge in [0.2, 0.25) is 0 Å². The van der Waals surface area contributed by atoms with Crippen LogP contribution in [0.4, 0.5) is 26.9 Å². The molecule has 2 aromatic heterocycles. The van der Waals surface area contributed by atoms with Gasteiger partial charge in [-0.2, -0.15) is 4.90 Å². The van der Waals surface area contributed by atoms with Crippen molar-refractivity contribution in [3.8, 4) is 0 Å². The molecule has 0 unspecified atom stereocenters. The number of amides is 3. The van der Waals surface area contributed by atoms with Crippen molar-refractivity contribution in [2.75, 3.05) is 16.8 Å². The largest absolute Gasteiger partial charge is 0.443 e. The van der Waals surface area contributed by atoms with E-state index in [0.717, 1.165) is 6.33 Å². The zero-order valence-corrected chi connectivity index (χ0v) is 21.6. The van der Waals surface area contributed by atoms with E-state index < -0.39 is 28.9 Å². The molecule has 3 amide bonds. The molecule has 12 heteroatoms. The van der Waals surface area contributed by atoms with E-state index in [1.807, 2.05) is 0 Å². The maximum Gasteiger partial charge on any atom is 0.425 e. The van der Waals surface area contributed by atoms with Crippen LogP contribution in [0.1, 0.15) is 64.0 Å². The third kappa shape index (κ3) is 6.37. The second-order valence-electron chi connectivity index (χ2n) is 10.3. The Bertz CT molecular complexity index is 1210. The number of ether oxygens (including phenoxy) is 2. The Hall–Kier alpha value is -3.96. The van der Waals surface area contributed by atoms with Gasteiger partial charge in [0.15, 0.2) is 5.82 Å². The van der Waals surface area contributed by atoms with Gasteiger partial charge < -0.3 is 24.7 Å². The number of imide groups is 1. The van der Waals surface area contributed by atoms with E-state index in [-0.39, 0.29) is 23.2 Å². The highest BCUT2D eigenvalue weighted by Gasteiger charge is 2.34. The van der Waals surface area contributed by atoms with E-state index >= 15 is 0 Å². The molecule has 0 spiro atoms. The molecule has 2 aromatic rings. The number of aromatic nitrogens is 3. The number of fused-ring (bicyclic) bond motifs is 1. The summed E-state index contributed by atoms with van der Waals surface area (Å²) in [5.74, 6) is -0.266. The zero-order valence-electron chi connectivity index (χ0n) is 21.6. The van der Waals surface area contributed by atoms with Gasteiger partial charge in [0.25, 0.3) is 11.5 Å². The third-order valence-electron chi connectivity index (χ3n) is 4.84. The number of rotatable bonds is 3. The second-order valence-corrected chi connectivity index (χ2v) is 10.3. The lowest BCUT2D eigenvalue weighted by Gasteiger charge is -2.28. The lowest BCUT2D eigenvalue weighted by Crippen LogP contribution is -2.44. The van der Waals surface area contributed by atoms with E-state index in [9.17, 15) is 19.2 Å². The Balaban J connectivity index is 1.99. The summed E-state index contributed by atoms with van der Waals surface area (Å²) in [6, 6.07) is 2.88. The quantitative estimate of drug-likeness (QED) is 0.647. The minimum Gasteiger partial charge on any atom is -0.443 e. The van der Waals surface area contributed by atoms with Crippen LogP contribution in [-0.2, 0) is 16.0 Å². The Morgan fingerprint density at radius 3 is 2.22 bits per heavy atom. The lowest BCUT2D eigenvalue weighted by molar-refractivity contribution is 0.0428. The van der Waals surface area contributed by atoms with Crippen LogP contribution < -0.4 is 21.1 Å². The highest BCUT2D eigenvalue weighted by atomic mass is 16.6. The normalized spacial score (nSPS) is 13.7. The molecule has 3 heterocycles. The van der Waals surface area contributed by atoms with Crippen LogP contribution in [0, 0.1) is 6.92 Å². The number of aryl methyl sites for hydroxylation is 1. The molecular weight excluding hydrogens is 468 g/mol. The van der Waals surface area contributed by atoms with Gasteiger partial charge >= 0.3 is 12.2 Å². The fraction of sp³-hybridized carbons (Fsp3) is 0.500. The molecule has 12 nitrogen and oxygen atoms in total. The molecule has 0 saturated carbocycles. The van der Waals surface area contributed by atoms with Gasteiger partial charge in [-0.15, -0.1) is 0 Å². The number of anilines is 3. The van der Waals surface area contributed by atoms with Gasteiger partial charge in [-0.3, -0.25) is 9.59 Å². The van der Waals surface area contributed by atoms with Gasteiger partial charge in [-0.1, -0.05) is 0 Å². The predicted octanol–water partition coefficient (Wildman–Crippen LogP) is 3.50. The maximum absolute atomic E-state index is 13.1. The van der Waals surface area contributed by atoms with Crippen LogP contribution in [0.25, 0.3) is 0 Å². The molecule has 0 saturated heterocycles. The van der Waals surface area contributed by atoms with Crippen LogP contribution in [0.5, 0.6) is 0 Å². The molecule has 2 N–H and O–H groups in total. The second kappa shape index (κ2) is 9.96. The number of hydrogen-bond acceptors (Lipinski definition) is 9. The topological polar surface area (TPSA) is 145 Å². The average Bonchev–Trinajstić information content (AvgIpc) is 2.91. The van der Waals surface area contributed by atoms with Crippen LogP contribution in [-0.4, -0.2) is 50.4 Å². The summed E-state index contributed by atoms with van der Waals surface area (Å²) < 4.78 is 12.2. The first-order valence-corrected chi connectivity index (χ1v) is 11.5. The Morgan fingerprint density at radius 2 is 1.64 bits per heavy atom. The highest BCUT2D eigenvalue weighted by Crippen LogP contribution is 2.23. The first-order chi connectivity index (χ1) is 16.7. The molecule has 3 rings (SSSR count). The van der Waals surface area contributed by atoms with Crippen molar-refractivity contribution in [3.63, 3.8) is 0 Å². The zero-order chi connectivity index (χ0) is 26.8. The SMILES string of the molecule is Cc1cc(Nc2cc(N(C(=O)OC(C)(C)C)C(=O)OC(C)(C)C)ncn2)c(=O)n2c1C(=O)NCCC2. The molecule has 0 aromatic carbocycles.